The monoisotopic (exact) mass is 270 g/mol. The molecule has 1 aromatic carbocycles. The maximum Gasteiger partial charge on any atom is 0.239 e. The predicted octanol–water partition coefficient (Wildman–Crippen LogP) is 1.90. The third-order valence-electron chi connectivity index (χ3n) is 3.11. The number of para-hydroxylation sites is 1. The van der Waals surface area contributed by atoms with Crippen LogP contribution in [0.2, 0.25) is 0 Å². The lowest BCUT2D eigenvalue weighted by molar-refractivity contribution is 0.681. The fourth-order valence-corrected chi connectivity index (χ4v) is 2.10. The molecule has 1 aromatic heterocycles. The average molecular weight is 270 g/mol. The average Bonchev–Trinajstić information content (AvgIpc) is 2.51. The van der Waals surface area contributed by atoms with E-state index < -0.39 is 0 Å². The molecule has 0 radical (unpaired) electrons. The van der Waals surface area contributed by atoms with Gasteiger partial charge in [-0.1, -0.05) is 12.1 Å². The van der Waals surface area contributed by atoms with E-state index in [2.05, 4.69) is 26.4 Å². The lowest BCUT2D eigenvalue weighted by atomic mass is 10.1. The summed E-state index contributed by atoms with van der Waals surface area (Å²) >= 11 is 0. The highest BCUT2D eigenvalue weighted by atomic mass is 15.3. The Labute approximate surface area is 118 Å². The van der Waals surface area contributed by atoms with Gasteiger partial charge in [-0.15, -0.1) is 0 Å². The third kappa shape index (κ3) is 2.78. The van der Waals surface area contributed by atoms with Gasteiger partial charge in [-0.3, -0.25) is 5.43 Å². The van der Waals surface area contributed by atoms with Crippen LogP contribution < -0.4 is 16.2 Å². The molecule has 1 unspecified atom stereocenters. The zero-order valence-electron chi connectivity index (χ0n) is 11.7. The molecule has 0 saturated heterocycles. The van der Waals surface area contributed by atoms with Gasteiger partial charge in [-0.25, -0.2) is 10.8 Å². The Morgan fingerprint density at radius 3 is 2.80 bits per heavy atom. The number of nitrogen functional groups attached to an aromatic ring is 1. The van der Waals surface area contributed by atoms with Crippen LogP contribution in [0.15, 0.2) is 24.3 Å². The van der Waals surface area contributed by atoms with Gasteiger partial charge in [0.2, 0.25) is 5.95 Å². The second-order valence-electron chi connectivity index (χ2n) is 4.60. The van der Waals surface area contributed by atoms with Gasteiger partial charge in [-0.2, -0.15) is 10.2 Å². The van der Waals surface area contributed by atoms with Gasteiger partial charge in [0.1, 0.15) is 5.82 Å². The van der Waals surface area contributed by atoms with E-state index in [1.54, 1.807) is 0 Å². The molecule has 2 aromatic rings. The number of anilines is 2. The van der Waals surface area contributed by atoms with Crippen molar-refractivity contribution in [1.82, 2.24) is 9.97 Å². The number of nitrogens with two attached hydrogens (primary N) is 1. The molecule has 6 nitrogen and oxygen atoms in total. The van der Waals surface area contributed by atoms with E-state index >= 15 is 0 Å². The van der Waals surface area contributed by atoms with Crippen LogP contribution >= 0.6 is 0 Å². The van der Waals surface area contributed by atoms with Crippen molar-refractivity contribution in [1.29, 1.82) is 5.26 Å². The molecular weight excluding hydrogens is 252 g/mol. The Kier molecular flexibility index (Phi) is 4.33. The van der Waals surface area contributed by atoms with Crippen LogP contribution in [0, 0.1) is 17.2 Å². The molecule has 0 fully saturated rings. The molecular formula is C14H18N6. The SMILES string of the molecule is CCN(CC(C)C#N)c1nc(NN)nc2ccccc12. The Morgan fingerprint density at radius 2 is 2.15 bits per heavy atom. The molecule has 104 valence electrons. The summed E-state index contributed by atoms with van der Waals surface area (Å²) in [6, 6.07) is 10.0. The van der Waals surface area contributed by atoms with Crippen molar-refractivity contribution in [3.8, 4) is 6.07 Å². The van der Waals surface area contributed by atoms with Crippen molar-refractivity contribution in [2.45, 2.75) is 13.8 Å². The fraction of sp³-hybridized carbons (Fsp3) is 0.357. The number of nitrogens with zero attached hydrogens (tertiary/aromatic N) is 4. The summed E-state index contributed by atoms with van der Waals surface area (Å²) in [5, 5.41) is 9.96. The molecule has 0 aliphatic rings. The number of hydrogen-bond acceptors (Lipinski definition) is 6. The molecule has 0 saturated carbocycles. The highest BCUT2D eigenvalue weighted by Crippen LogP contribution is 2.25. The Balaban J connectivity index is 2.52. The summed E-state index contributed by atoms with van der Waals surface area (Å²) < 4.78 is 0. The van der Waals surface area contributed by atoms with E-state index in [1.165, 1.54) is 0 Å². The van der Waals surface area contributed by atoms with E-state index in [0.717, 1.165) is 23.3 Å². The van der Waals surface area contributed by atoms with Crippen molar-refractivity contribution in [2.75, 3.05) is 23.4 Å². The maximum atomic E-state index is 9.00. The number of fused-ring (bicyclic) bond motifs is 1. The standard InChI is InChI=1S/C14H18N6/c1-3-20(9-10(2)8-15)13-11-6-4-5-7-12(11)17-14(18-13)19-16/h4-7,10H,3,9,16H2,1-2H3,(H,17,18,19). The lowest BCUT2D eigenvalue weighted by Crippen LogP contribution is -2.29. The van der Waals surface area contributed by atoms with Gasteiger partial charge in [0, 0.05) is 18.5 Å². The van der Waals surface area contributed by atoms with Crippen LogP contribution in [0.25, 0.3) is 10.9 Å². The minimum absolute atomic E-state index is 0.0713. The Bertz CT molecular complexity index is 633. The molecule has 0 aliphatic carbocycles. The van der Waals surface area contributed by atoms with Crippen LogP contribution in [-0.2, 0) is 0 Å². The largest absolute Gasteiger partial charge is 0.355 e. The maximum absolute atomic E-state index is 9.00. The number of rotatable bonds is 5. The molecule has 0 amide bonds. The summed E-state index contributed by atoms with van der Waals surface area (Å²) in [6.45, 7) is 5.32. The van der Waals surface area contributed by atoms with Gasteiger partial charge >= 0.3 is 0 Å². The Hall–Kier alpha value is -2.39. The van der Waals surface area contributed by atoms with Gasteiger partial charge in [-0.05, 0) is 26.0 Å². The fourth-order valence-electron chi connectivity index (χ4n) is 2.10. The van der Waals surface area contributed by atoms with Crippen LogP contribution in [-0.4, -0.2) is 23.1 Å². The first-order valence-corrected chi connectivity index (χ1v) is 6.57. The highest BCUT2D eigenvalue weighted by molar-refractivity contribution is 5.90. The number of benzene rings is 1. The molecule has 1 atom stereocenters. The first-order chi connectivity index (χ1) is 9.69. The zero-order valence-corrected chi connectivity index (χ0v) is 11.7. The number of nitriles is 1. The number of nitrogens with one attached hydrogen (secondary N) is 1. The number of aromatic nitrogens is 2. The van der Waals surface area contributed by atoms with Crippen molar-refractivity contribution in [2.24, 2.45) is 11.8 Å². The molecule has 6 heteroatoms. The van der Waals surface area contributed by atoms with E-state index in [9.17, 15) is 0 Å². The van der Waals surface area contributed by atoms with E-state index in [0.29, 0.717) is 12.5 Å². The molecule has 20 heavy (non-hydrogen) atoms. The summed E-state index contributed by atoms with van der Waals surface area (Å²) in [5.41, 5.74) is 3.32. The van der Waals surface area contributed by atoms with Gasteiger partial charge in [0.25, 0.3) is 0 Å². The second kappa shape index (κ2) is 6.17. The topological polar surface area (TPSA) is 90.9 Å². The first-order valence-electron chi connectivity index (χ1n) is 6.57. The minimum atomic E-state index is -0.0713. The number of hydrogen-bond donors (Lipinski definition) is 2. The zero-order chi connectivity index (χ0) is 14.5. The normalized spacial score (nSPS) is 11.9. The van der Waals surface area contributed by atoms with Gasteiger partial charge in [0.05, 0.1) is 17.5 Å². The molecule has 0 spiro atoms. The van der Waals surface area contributed by atoms with Crippen LogP contribution in [0.4, 0.5) is 11.8 Å². The minimum Gasteiger partial charge on any atom is -0.355 e. The first kappa shape index (κ1) is 14.0. The summed E-state index contributed by atoms with van der Waals surface area (Å²) in [4.78, 5) is 10.8. The van der Waals surface area contributed by atoms with Gasteiger partial charge in [0.15, 0.2) is 0 Å². The van der Waals surface area contributed by atoms with Crippen LogP contribution in [0.3, 0.4) is 0 Å². The van der Waals surface area contributed by atoms with Crippen molar-refractivity contribution in [3.63, 3.8) is 0 Å². The van der Waals surface area contributed by atoms with Crippen molar-refractivity contribution >= 4 is 22.7 Å². The second-order valence-corrected chi connectivity index (χ2v) is 4.60. The summed E-state index contributed by atoms with van der Waals surface area (Å²) in [6.07, 6.45) is 0. The van der Waals surface area contributed by atoms with Gasteiger partial charge < -0.3 is 4.90 Å². The van der Waals surface area contributed by atoms with Crippen LogP contribution in [0.1, 0.15) is 13.8 Å². The quantitative estimate of drug-likeness (QED) is 0.637. The third-order valence-corrected chi connectivity index (χ3v) is 3.11. The summed E-state index contributed by atoms with van der Waals surface area (Å²) in [5.74, 6) is 6.54. The number of hydrazine groups is 1. The van der Waals surface area contributed by atoms with Crippen LogP contribution in [0.5, 0.6) is 0 Å². The van der Waals surface area contributed by atoms with E-state index in [1.807, 2.05) is 38.1 Å². The lowest BCUT2D eigenvalue weighted by Gasteiger charge is -2.24. The molecule has 3 N–H and O–H groups in total. The molecule has 0 bridgehead atoms. The summed E-state index contributed by atoms with van der Waals surface area (Å²) in [7, 11) is 0. The smallest absolute Gasteiger partial charge is 0.239 e. The molecule has 0 aliphatic heterocycles. The van der Waals surface area contributed by atoms with E-state index in [4.69, 9.17) is 11.1 Å². The Morgan fingerprint density at radius 1 is 1.40 bits per heavy atom. The molecule has 2 rings (SSSR count). The highest BCUT2D eigenvalue weighted by Gasteiger charge is 2.15. The molecule has 1 heterocycles. The van der Waals surface area contributed by atoms with E-state index in [-0.39, 0.29) is 5.92 Å². The van der Waals surface area contributed by atoms with Crippen molar-refractivity contribution < 1.29 is 0 Å². The van der Waals surface area contributed by atoms with Crippen molar-refractivity contribution in [3.05, 3.63) is 24.3 Å². The predicted molar refractivity (Wildman–Crippen MR) is 80.0 cm³/mol.